The fraction of sp³-hybridized carbons (Fsp3) is 0.588. The molecule has 6 heteroatoms. The summed E-state index contributed by atoms with van der Waals surface area (Å²) < 4.78 is 25.6. The van der Waals surface area contributed by atoms with E-state index < -0.39 is 7.60 Å². The van der Waals surface area contributed by atoms with Crippen LogP contribution in [0, 0.1) is 5.92 Å². The zero-order valence-corrected chi connectivity index (χ0v) is 16.4. The van der Waals surface area contributed by atoms with Gasteiger partial charge in [-0.2, -0.15) is 0 Å². The predicted octanol–water partition coefficient (Wildman–Crippen LogP) is 3.37. The fourth-order valence-electron chi connectivity index (χ4n) is 2.90. The van der Waals surface area contributed by atoms with Crippen molar-refractivity contribution in [3.63, 3.8) is 0 Å². The number of benzene rings is 1. The van der Waals surface area contributed by atoms with Crippen LogP contribution in [-0.4, -0.2) is 38.5 Å². The minimum absolute atomic E-state index is 0.0522. The fourth-order valence-corrected chi connectivity index (χ4v) is 9.24. The summed E-state index contributed by atoms with van der Waals surface area (Å²) in [5.74, 6) is 0.370. The second-order valence-corrected chi connectivity index (χ2v) is 11.1. The first-order valence-electron chi connectivity index (χ1n) is 8.21. The monoisotopic (exact) mass is 404 g/mol. The Morgan fingerprint density at radius 2 is 1.87 bits per heavy atom. The Bertz CT molecular complexity index is 539. The molecule has 0 spiro atoms. The van der Waals surface area contributed by atoms with E-state index in [0.717, 1.165) is 12.8 Å². The van der Waals surface area contributed by atoms with E-state index in [1.807, 2.05) is 32.0 Å². The van der Waals surface area contributed by atoms with E-state index >= 15 is 0 Å². The van der Waals surface area contributed by atoms with Gasteiger partial charge in [0.1, 0.15) is 0 Å². The van der Waals surface area contributed by atoms with E-state index in [9.17, 15) is 9.36 Å². The van der Waals surface area contributed by atoms with E-state index in [1.54, 1.807) is 0 Å². The molecule has 1 aromatic rings. The van der Waals surface area contributed by atoms with Gasteiger partial charge >= 0.3 is 145 Å². The molecule has 1 aliphatic carbocycles. The van der Waals surface area contributed by atoms with Crippen LogP contribution in [0.1, 0.15) is 39.5 Å². The summed E-state index contributed by atoms with van der Waals surface area (Å²) in [6.45, 7) is 4.40. The van der Waals surface area contributed by atoms with Crippen LogP contribution in [-0.2, 0) is 18.4 Å². The van der Waals surface area contributed by atoms with E-state index in [2.05, 4.69) is 12.1 Å². The number of carbonyl (C=O) groups excluding carboxylic acids is 1. The Labute approximate surface area is 145 Å². The summed E-state index contributed by atoms with van der Waals surface area (Å²) >= 11 is -0.0522. The van der Waals surface area contributed by atoms with Gasteiger partial charge < -0.3 is 0 Å². The molecule has 0 heterocycles. The van der Waals surface area contributed by atoms with Crippen molar-refractivity contribution >= 4 is 32.8 Å². The van der Waals surface area contributed by atoms with Crippen molar-refractivity contribution < 1.29 is 18.4 Å². The van der Waals surface area contributed by atoms with Crippen LogP contribution in [0.4, 0.5) is 0 Å². The first kappa shape index (κ1) is 18.9. The van der Waals surface area contributed by atoms with Gasteiger partial charge in [0.2, 0.25) is 0 Å². The van der Waals surface area contributed by atoms with Gasteiger partial charge in [0, 0.05) is 0 Å². The minimum atomic E-state index is -3.21. The number of Topliss-reactive ketones (excluding diaryl/α,β-unsaturated/α-hetero) is 1. The molecular weight excluding hydrogens is 378 g/mol. The molecule has 0 N–H and O–H groups in total. The average Bonchev–Trinajstić information content (AvgIpc) is 2.54. The molecule has 2 atom stereocenters. The standard InChI is InChI=1S/C17H25O4PSe/c1-3-20-22(19,21-4-2)17(14-9-8-10-15(18)13-14)23-16-11-6-5-7-12-16/h5-7,11-12,14,17H,3-4,8-10,13H2,1-2H3. The van der Waals surface area contributed by atoms with Crippen LogP contribution in [0.2, 0.25) is 0 Å². The maximum atomic E-state index is 13.4. The summed E-state index contributed by atoms with van der Waals surface area (Å²) in [5, 5.41) is 0. The molecule has 1 fully saturated rings. The number of hydrogen-bond donors (Lipinski definition) is 0. The number of carbonyl (C=O) groups is 1. The number of rotatable bonds is 8. The third-order valence-electron chi connectivity index (χ3n) is 3.85. The Morgan fingerprint density at radius 3 is 2.43 bits per heavy atom. The van der Waals surface area contributed by atoms with Gasteiger partial charge in [-0.05, 0) is 0 Å². The van der Waals surface area contributed by atoms with Crippen molar-refractivity contribution in [2.75, 3.05) is 13.2 Å². The van der Waals surface area contributed by atoms with Crippen molar-refractivity contribution in [3.05, 3.63) is 30.3 Å². The molecule has 1 aliphatic rings. The van der Waals surface area contributed by atoms with Crippen LogP contribution in [0.5, 0.6) is 0 Å². The molecule has 0 aliphatic heterocycles. The van der Waals surface area contributed by atoms with Gasteiger partial charge in [-0.3, -0.25) is 0 Å². The van der Waals surface area contributed by atoms with E-state index in [0.29, 0.717) is 26.1 Å². The second-order valence-electron chi connectivity index (χ2n) is 5.59. The molecule has 128 valence electrons. The van der Waals surface area contributed by atoms with E-state index in [1.165, 1.54) is 4.46 Å². The molecule has 0 bridgehead atoms. The second kappa shape index (κ2) is 9.15. The molecule has 2 rings (SSSR count). The normalized spacial score (nSPS) is 20.4. The Hall–Kier alpha value is -0.441. The molecule has 0 radical (unpaired) electrons. The summed E-state index contributed by atoms with van der Waals surface area (Å²) in [5.41, 5.74) is 0. The third-order valence-corrected chi connectivity index (χ3v) is 10.8. The summed E-state index contributed by atoms with van der Waals surface area (Å²) in [4.78, 5) is 11.9. The maximum absolute atomic E-state index is 13.4. The predicted molar refractivity (Wildman–Crippen MR) is 93.4 cm³/mol. The average molecular weight is 403 g/mol. The molecular formula is C17H25O4PSe. The number of ketones is 1. The Morgan fingerprint density at radius 1 is 1.22 bits per heavy atom. The van der Waals surface area contributed by atoms with Crippen LogP contribution >= 0.6 is 7.60 Å². The molecule has 2 unspecified atom stereocenters. The van der Waals surface area contributed by atoms with Crippen molar-refractivity contribution in [2.24, 2.45) is 5.92 Å². The van der Waals surface area contributed by atoms with Gasteiger partial charge in [0.25, 0.3) is 0 Å². The molecule has 0 saturated heterocycles. The van der Waals surface area contributed by atoms with Crippen molar-refractivity contribution in [1.29, 1.82) is 0 Å². The molecule has 0 amide bonds. The Balaban J connectivity index is 2.28. The first-order valence-corrected chi connectivity index (χ1v) is 11.7. The molecule has 4 nitrogen and oxygen atoms in total. The van der Waals surface area contributed by atoms with Crippen LogP contribution in [0.25, 0.3) is 0 Å². The molecule has 1 aromatic carbocycles. The van der Waals surface area contributed by atoms with Crippen molar-refractivity contribution in [2.45, 2.75) is 44.1 Å². The van der Waals surface area contributed by atoms with Gasteiger partial charge in [0.05, 0.1) is 0 Å². The van der Waals surface area contributed by atoms with E-state index in [4.69, 9.17) is 9.05 Å². The summed E-state index contributed by atoms with van der Waals surface area (Å²) in [6.07, 6.45) is 2.96. The molecule has 0 aromatic heterocycles. The quantitative estimate of drug-likeness (QED) is 0.494. The third kappa shape index (κ3) is 5.27. The zero-order valence-electron chi connectivity index (χ0n) is 13.8. The van der Waals surface area contributed by atoms with Gasteiger partial charge in [-0.15, -0.1) is 0 Å². The molecule has 23 heavy (non-hydrogen) atoms. The summed E-state index contributed by atoms with van der Waals surface area (Å²) in [7, 11) is -3.21. The first-order chi connectivity index (χ1) is 11.1. The van der Waals surface area contributed by atoms with Crippen LogP contribution < -0.4 is 4.46 Å². The van der Waals surface area contributed by atoms with Crippen molar-refractivity contribution in [1.82, 2.24) is 0 Å². The van der Waals surface area contributed by atoms with Crippen LogP contribution in [0.15, 0.2) is 30.3 Å². The summed E-state index contributed by atoms with van der Waals surface area (Å²) in [6, 6.07) is 10.1. The Kier molecular flexibility index (Phi) is 7.52. The number of hydrogen-bond acceptors (Lipinski definition) is 4. The van der Waals surface area contributed by atoms with Crippen molar-refractivity contribution in [3.8, 4) is 0 Å². The van der Waals surface area contributed by atoms with Gasteiger partial charge in [-0.1, -0.05) is 0 Å². The van der Waals surface area contributed by atoms with Crippen LogP contribution in [0.3, 0.4) is 0 Å². The topological polar surface area (TPSA) is 52.6 Å². The van der Waals surface area contributed by atoms with E-state index in [-0.39, 0.29) is 31.2 Å². The SMILES string of the molecule is CCOP(=O)(OCC)C([Se]c1ccccc1)C1CCCC(=O)C1. The zero-order chi connectivity index (χ0) is 16.7. The van der Waals surface area contributed by atoms with Gasteiger partial charge in [-0.25, -0.2) is 0 Å². The molecule has 1 saturated carbocycles. The van der Waals surface area contributed by atoms with Gasteiger partial charge in [0.15, 0.2) is 0 Å².